The zero-order valence-corrected chi connectivity index (χ0v) is 10.7. The van der Waals surface area contributed by atoms with Crippen LogP contribution in [0.25, 0.3) is 0 Å². The second-order valence-electron chi connectivity index (χ2n) is 5.79. The molecule has 0 radical (unpaired) electrons. The van der Waals surface area contributed by atoms with Gasteiger partial charge in [-0.05, 0) is 0 Å². The van der Waals surface area contributed by atoms with Crippen LogP contribution in [0.15, 0.2) is 0 Å². The Kier molecular flexibility index (Phi) is 5.68. The number of nitrogens with zero attached hydrogens (tertiary/aromatic N) is 1. The van der Waals surface area contributed by atoms with E-state index < -0.39 is 0 Å². The van der Waals surface area contributed by atoms with Gasteiger partial charge >= 0.3 is 0 Å². The highest BCUT2D eigenvalue weighted by Gasteiger charge is 2.21. The molecule has 0 saturated heterocycles. The first-order valence-electron chi connectivity index (χ1n) is 5.82. The molecule has 0 amide bonds. The molecule has 0 saturated carbocycles. The Bertz CT molecular complexity index is 126. The molecule has 0 aromatic heterocycles. The van der Waals surface area contributed by atoms with Crippen LogP contribution < -0.4 is 0 Å². The summed E-state index contributed by atoms with van der Waals surface area (Å²) in [5.74, 6) is 1.47. The molecule has 2 heteroatoms. The maximum atomic E-state index is 12.5. The van der Waals surface area contributed by atoms with Gasteiger partial charge in [0.2, 0.25) is 0 Å². The van der Waals surface area contributed by atoms with Crippen molar-refractivity contribution in [1.82, 2.24) is 0 Å². The fourth-order valence-corrected chi connectivity index (χ4v) is 2.22. The Morgan fingerprint density at radius 3 is 1.07 bits per heavy atom. The molecule has 0 aliphatic heterocycles. The maximum absolute atomic E-state index is 12.5. The molecule has 0 spiro atoms. The number of hydroxylamine groups is 3. The Morgan fingerprint density at radius 1 is 0.714 bits per heavy atom. The average Bonchev–Trinajstić information content (AvgIpc) is 1.76. The minimum absolute atomic E-state index is 0.00694. The monoisotopic (exact) mass is 201 g/mol. The SMILES string of the molecule is CC(C)C[N+]([O-])(CC(C)C)CC(C)C. The van der Waals surface area contributed by atoms with Gasteiger partial charge in [-0.25, -0.2) is 0 Å². The highest BCUT2D eigenvalue weighted by Crippen LogP contribution is 2.16. The van der Waals surface area contributed by atoms with Crippen LogP contribution in [0.4, 0.5) is 0 Å². The minimum Gasteiger partial charge on any atom is -0.633 e. The van der Waals surface area contributed by atoms with Gasteiger partial charge in [-0.2, -0.15) is 0 Å². The first-order chi connectivity index (χ1) is 6.25. The molecular formula is C12H27NO. The Balaban J connectivity index is 4.32. The molecule has 2 nitrogen and oxygen atoms in total. The summed E-state index contributed by atoms with van der Waals surface area (Å²) in [4.78, 5) is 0. The molecule has 0 aliphatic rings. The van der Waals surface area contributed by atoms with E-state index in [9.17, 15) is 5.21 Å². The lowest BCUT2D eigenvalue weighted by Crippen LogP contribution is -2.49. The van der Waals surface area contributed by atoms with Crippen LogP contribution in [0.3, 0.4) is 0 Å². The van der Waals surface area contributed by atoms with Gasteiger partial charge in [-0.15, -0.1) is 0 Å². The maximum Gasteiger partial charge on any atom is 0.0807 e. The summed E-state index contributed by atoms with van der Waals surface area (Å²) in [7, 11) is 0. The van der Waals surface area contributed by atoms with Gasteiger partial charge < -0.3 is 9.85 Å². The molecular weight excluding hydrogens is 174 g/mol. The lowest BCUT2D eigenvalue weighted by atomic mass is 10.1. The molecule has 0 bridgehead atoms. The Hall–Kier alpha value is -0.0800. The van der Waals surface area contributed by atoms with Gasteiger partial charge in [0.1, 0.15) is 0 Å². The zero-order chi connectivity index (χ0) is 11.4. The normalized spacial score (nSPS) is 13.3. The second-order valence-corrected chi connectivity index (χ2v) is 5.79. The van der Waals surface area contributed by atoms with Crippen LogP contribution in [0, 0.1) is 23.0 Å². The van der Waals surface area contributed by atoms with E-state index >= 15 is 0 Å². The molecule has 0 heterocycles. The minimum atomic E-state index is -0.00694. The summed E-state index contributed by atoms with van der Waals surface area (Å²) >= 11 is 0. The predicted molar refractivity (Wildman–Crippen MR) is 62.7 cm³/mol. The van der Waals surface area contributed by atoms with Crippen molar-refractivity contribution in [2.24, 2.45) is 17.8 Å². The molecule has 0 atom stereocenters. The molecule has 14 heavy (non-hydrogen) atoms. The van der Waals surface area contributed by atoms with E-state index in [1.54, 1.807) is 0 Å². The quantitative estimate of drug-likeness (QED) is 0.478. The van der Waals surface area contributed by atoms with Crippen LogP contribution in [0.1, 0.15) is 41.5 Å². The van der Waals surface area contributed by atoms with Gasteiger partial charge in [0.25, 0.3) is 0 Å². The summed E-state index contributed by atoms with van der Waals surface area (Å²) < 4.78 is -0.00694. The lowest BCUT2D eigenvalue weighted by Gasteiger charge is -2.46. The highest BCUT2D eigenvalue weighted by atomic mass is 16.5. The van der Waals surface area contributed by atoms with Crippen molar-refractivity contribution in [3.63, 3.8) is 0 Å². The van der Waals surface area contributed by atoms with Gasteiger partial charge in [0.15, 0.2) is 0 Å². The fraction of sp³-hybridized carbons (Fsp3) is 1.00. The van der Waals surface area contributed by atoms with Crippen LogP contribution in [-0.2, 0) is 0 Å². The van der Waals surface area contributed by atoms with E-state index in [-0.39, 0.29) is 4.65 Å². The highest BCUT2D eigenvalue weighted by molar-refractivity contribution is 4.54. The predicted octanol–water partition coefficient (Wildman–Crippen LogP) is 3.27. The first-order valence-corrected chi connectivity index (χ1v) is 5.82. The number of quaternary nitrogens is 1. The third-order valence-corrected chi connectivity index (χ3v) is 2.09. The Morgan fingerprint density at radius 2 is 0.929 bits per heavy atom. The number of hydrogen-bond acceptors (Lipinski definition) is 1. The molecule has 0 fully saturated rings. The van der Waals surface area contributed by atoms with Crippen molar-refractivity contribution in [3.05, 3.63) is 5.21 Å². The molecule has 0 N–H and O–H groups in total. The number of hydrogen-bond donors (Lipinski definition) is 0. The summed E-state index contributed by atoms with van der Waals surface area (Å²) in [6.45, 7) is 15.1. The molecule has 0 aromatic rings. The third-order valence-electron chi connectivity index (χ3n) is 2.09. The first kappa shape index (κ1) is 13.9. The van der Waals surface area contributed by atoms with Crippen molar-refractivity contribution in [1.29, 1.82) is 0 Å². The largest absolute Gasteiger partial charge is 0.633 e. The van der Waals surface area contributed by atoms with Crippen molar-refractivity contribution in [3.8, 4) is 0 Å². The molecule has 0 aromatic carbocycles. The summed E-state index contributed by atoms with van der Waals surface area (Å²) in [6, 6.07) is 0. The Labute approximate surface area is 89.5 Å². The van der Waals surface area contributed by atoms with Crippen molar-refractivity contribution in [2.75, 3.05) is 19.6 Å². The standard InChI is InChI=1S/C12H27NO/c1-10(2)7-13(14,8-11(3)4)9-12(5)6/h10-12H,7-9H2,1-6H3. The van der Waals surface area contributed by atoms with E-state index in [0.29, 0.717) is 17.8 Å². The molecule has 86 valence electrons. The van der Waals surface area contributed by atoms with E-state index in [0.717, 1.165) is 19.6 Å². The van der Waals surface area contributed by atoms with E-state index in [2.05, 4.69) is 41.5 Å². The van der Waals surface area contributed by atoms with E-state index in [4.69, 9.17) is 0 Å². The van der Waals surface area contributed by atoms with E-state index in [1.807, 2.05) is 0 Å². The topological polar surface area (TPSA) is 23.1 Å². The van der Waals surface area contributed by atoms with Crippen LogP contribution in [0.5, 0.6) is 0 Å². The third kappa shape index (κ3) is 6.39. The van der Waals surface area contributed by atoms with Crippen molar-refractivity contribution >= 4 is 0 Å². The van der Waals surface area contributed by atoms with Crippen molar-refractivity contribution in [2.45, 2.75) is 41.5 Å². The van der Waals surface area contributed by atoms with Gasteiger partial charge in [-0.1, -0.05) is 41.5 Å². The van der Waals surface area contributed by atoms with E-state index in [1.165, 1.54) is 0 Å². The zero-order valence-electron chi connectivity index (χ0n) is 10.7. The molecule has 0 rings (SSSR count). The van der Waals surface area contributed by atoms with Crippen LogP contribution >= 0.6 is 0 Å². The average molecular weight is 201 g/mol. The molecule has 0 aliphatic carbocycles. The van der Waals surface area contributed by atoms with Gasteiger partial charge in [-0.3, -0.25) is 0 Å². The molecule has 0 unspecified atom stereocenters. The summed E-state index contributed by atoms with van der Waals surface area (Å²) in [6.07, 6.45) is 0. The van der Waals surface area contributed by atoms with Crippen molar-refractivity contribution < 1.29 is 4.65 Å². The second kappa shape index (κ2) is 5.72. The van der Waals surface area contributed by atoms with Gasteiger partial charge in [0, 0.05) is 17.8 Å². The summed E-state index contributed by atoms with van der Waals surface area (Å²) in [5, 5.41) is 12.5. The van der Waals surface area contributed by atoms with Crippen LogP contribution in [0.2, 0.25) is 0 Å². The summed E-state index contributed by atoms with van der Waals surface area (Å²) in [5.41, 5.74) is 0. The van der Waals surface area contributed by atoms with Crippen LogP contribution in [-0.4, -0.2) is 24.3 Å². The fourth-order valence-electron chi connectivity index (χ4n) is 2.22. The lowest BCUT2D eigenvalue weighted by molar-refractivity contribution is -0.889. The number of rotatable bonds is 6. The van der Waals surface area contributed by atoms with Gasteiger partial charge in [0.05, 0.1) is 19.6 Å². The smallest absolute Gasteiger partial charge is 0.0807 e.